The average molecular weight is 235 g/mol. The summed E-state index contributed by atoms with van der Waals surface area (Å²) in [7, 11) is -2.77. The van der Waals surface area contributed by atoms with Crippen molar-refractivity contribution >= 4 is 9.84 Å². The van der Waals surface area contributed by atoms with E-state index in [2.05, 4.69) is 5.32 Å². The van der Waals surface area contributed by atoms with Crippen LogP contribution in [0.1, 0.15) is 32.6 Å². The number of hydrogen-bond acceptors (Lipinski definition) is 4. The Hall–Kier alpha value is -0.130. The normalized spacial score (nSPS) is 23.9. The largest absolute Gasteiger partial charge is 0.392 e. The summed E-state index contributed by atoms with van der Waals surface area (Å²) >= 11 is 0. The molecule has 1 fully saturated rings. The van der Waals surface area contributed by atoms with Crippen LogP contribution in [0.4, 0.5) is 0 Å². The molecule has 0 amide bonds. The Morgan fingerprint density at radius 2 is 2.00 bits per heavy atom. The zero-order valence-electron chi connectivity index (χ0n) is 9.28. The first-order valence-electron chi connectivity index (χ1n) is 5.65. The predicted octanol–water partition coefficient (Wildman–Crippen LogP) is 0.314. The first-order chi connectivity index (χ1) is 7.03. The van der Waals surface area contributed by atoms with Gasteiger partial charge in [-0.3, -0.25) is 0 Å². The van der Waals surface area contributed by atoms with Crippen LogP contribution in [0.5, 0.6) is 0 Å². The summed E-state index contributed by atoms with van der Waals surface area (Å²) in [6.07, 6.45) is 2.84. The molecule has 1 saturated heterocycles. The Morgan fingerprint density at radius 1 is 1.40 bits per heavy atom. The summed E-state index contributed by atoms with van der Waals surface area (Å²) in [5, 5.41) is 12.7. The van der Waals surface area contributed by atoms with E-state index in [0.29, 0.717) is 19.4 Å². The molecule has 1 unspecified atom stereocenters. The molecule has 15 heavy (non-hydrogen) atoms. The molecule has 1 rings (SSSR count). The maximum absolute atomic E-state index is 11.2. The average Bonchev–Trinajstić information content (AvgIpc) is 2.17. The van der Waals surface area contributed by atoms with E-state index in [1.54, 1.807) is 0 Å². The molecule has 0 aromatic rings. The molecule has 1 atom stereocenters. The van der Waals surface area contributed by atoms with E-state index in [-0.39, 0.29) is 23.7 Å². The minimum Gasteiger partial charge on any atom is -0.392 e. The van der Waals surface area contributed by atoms with Crippen molar-refractivity contribution in [1.82, 2.24) is 5.32 Å². The predicted molar refractivity (Wildman–Crippen MR) is 60.6 cm³/mol. The van der Waals surface area contributed by atoms with Crippen LogP contribution in [-0.4, -0.2) is 43.7 Å². The Bertz CT molecular complexity index is 262. The van der Waals surface area contributed by atoms with E-state index < -0.39 is 9.84 Å². The molecule has 0 spiro atoms. The number of rotatable bonds is 5. The standard InChI is InChI=1S/C10H21NO3S/c1-2-3-10(12)8-11-9-4-6-15(13,14)7-5-9/h9-12H,2-8H2,1H3. The fraction of sp³-hybridized carbons (Fsp3) is 1.00. The highest BCUT2D eigenvalue weighted by atomic mass is 32.2. The summed E-state index contributed by atoms with van der Waals surface area (Å²) in [4.78, 5) is 0. The van der Waals surface area contributed by atoms with Crippen molar-refractivity contribution in [1.29, 1.82) is 0 Å². The van der Waals surface area contributed by atoms with Gasteiger partial charge in [-0.05, 0) is 19.3 Å². The van der Waals surface area contributed by atoms with Crippen molar-refractivity contribution in [3.63, 3.8) is 0 Å². The van der Waals surface area contributed by atoms with Crippen molar-refractivity contribution < 1.29 is 13.5 Å². The summed E-state index contributed by atoms with van der Waals surface area (Å²) in [5.74, 6) is 0.572. The van der Waals surface area contributed by atoms with Crippen molar-refractivity contribution in [2.24, 2.45) is 0 Å². The van der Waals surface area contributed by atoms with Gasteiger partial charge in [-0.1, -0.05) is 13.3 Å². The highest BCUT2D eigenvalue weighted by Crippen LogP contribution is 2.12. The fourth-order valence-corrected chi connectivity index (χ4v) is 3.32. The summed E-state index contributed by atoms with van der Waals surface area (Å²) in [6, 6.07) is 0.264. The quantitative estimate of drug-likeness (QED) is 0.720. The third kappa shape index (κ3) is 4.95. The number of aliphatic hydroxyl groups excluding tert-OH is 1. The van der Waals surface area contributed by atoms with Gasteiger partial charge in [0, 0.05) is 12.6 Å². The fourth-order valence-electron chi connectivity index (χ4n) is 1.83. The van der Waals surface area contributed by atoms with E-state index in [9.17, 15) is 13.5 Å². The molecule has 1 aliphatic heterocycles. The van der Waals surface area contributed by atoms with Crippen molar-refractivity contribution in [2.45, 2.75) is 44.8 Å². The SMILES string of the molecule is CCCC(O)CNC1CCS(=O)(=O)CC1. The number of aliphatic hydroxyl groups is 1. The van der Waals surface area contributed by atoms with Gasteiger partial charge in [0.2, 0.25) is 0 Å². The second-order valence-corrected chi connectivity index (χ2v) is 6.58. The van der Waals surface area contributed by atoms with Crippen LogP contribution in [0.3, 0.4) is 0 Å². The monoisotopic (exact) mass is 235 g/mol. The van der Waals surface area contributed by atoms with Gasteiger partial charge in [-0.15, -0.1) is 0 Å². The van der Waals surface area contributed by atoms with Crippen LogP contribution >= 0.6 is 0 Å². The van der Waals surface area contributed by atoms with Crippen LogP contribution in [0.15, 0.2) is 0 Å². The number of nitrogens with one attached hydrogen (secondary N) is 1. The molecule has 0 bridgehead atoms. The Kier molecular flexibility index (Phi) is 5.02. The molecule has 0 aromatic heterocycles. The maximum atomic E-state index is 11.2. The second-order valence-electron chi connectivity index (χ2n) is 4.28. The lowest BCUT2D eigenvalue weighted by molar-refractivity contribution is 0.155. The van der Waals surface area contributed by atoms with Gasteiger partial charge in [0.25, 0.3) is 0 Å². The zero-order valence-corrected chi connectivity index (χ0v) is 10.1. The molecule has 4 nitrogen and oxygen atoms in total. The van der Waals surface area contributed by atoms with E-state index in [4.69, 9.17) is 0 Å². The highest BCUT2D eigenvalue weighted by Gasteiger charge is 2.23. The lowest BCUT2D eigenvalue weighted by Crippen LogP contribution is -2.40. The van der Waals surface area contributed by atoms with E-state index in [1.165, 1.54) is 0 Å². The summed E-state index contributed by atoms with van der Waals surface area (Å²) in [6.45, 7) is 2.62. The Morgan fingerprint density at radius 3 is 2.53 bits per heavy atom. The third-order valence-corrected chi connectivity index (χ3v) is 4.53. The highest BCUT2D eigenvalue weighted by molar-refractivity contribution is 7.91. The molecular formula is C10H21NO3S. The van der Waals surface area contributed by atoms with E-state index >= 15 is 0 Å². The van der Waals surface area contributed by atoms with E-state index in [1.807, 2.05) is 6.92 Å². The maximum Gasteiger partial charge on any atom is 0.150 e. The molecule has 0 saturated carbocycles. The summed E-state index contributed by atoms with van der Waals surface area (Å²) in [5.41, 5.74) is 0. The first kappa shape index (κ1) is 12.9. The van der Waals surface area contributed by atoms with Gasteiger partial charge in [0.1, 0.15) is 9.84 Å². The lowest BCUT2D eigenvalue weighted by Gasteiger charge is -2.24. The van der Waals surface area contributed by atoms with Crippen LogP contribution in [0, 0.1) is 0 Å². The molecule has 0 aromatic carbocycles. The van der Waals surface area contributed by atoms with Gasteiger partial charge < -0.3 is 10.4 Å². The topological polar surface area (TPSA) is 66.4 Å². The van der Waals surface area contributed by atoms with Gasteiger partial charge in [-0.25, -0.2) is 8.42 Å². The molecule has 1 heterocycles. The van der Waals surface area contributed by atoms with Gasteiger partial charge in [0.05, 0.1) is 17.6 Å². The molecule has 2 N–H and O–H groups in total. The van der Waals surface area contributed by atoms with Gasteiger partial charge in [-0.2, -0.15) is 0 Å². The van der Waals surface area contributed by atoms with Crippen LogP contribution in [0.2, 0.25) is 0 Å². The molecule has 0 aliphatic carbocycles. The minimum atomic E-state index is -2.77. The Balaban J connectivity index is 2.19. The molecule has 0 radical (unpaired) electrons. The van der Waals surface area contributed by atoms with Crippen molar-refractivity contribution in [3.05, 3.63) is 0 Å². The Labute approximate surface area is 92.0 Å². The first-order valence-corrected chi connectivity index (χ1v) is 7.47. The van der Waals surface area contributed by atoms with Crippen LogP contribution in [0.25, 0.3) is 0 Å². The molecular weight excluding hydrogens is 214 g/mol. The number of sulfone groups is 1. The van der Waals surface area contributed by atoms with Crippen molar-refractivity contribution in [2.75, 3.05) is 18.1 Å². The van der Waals surface area contributed by atoms with E-state index in [0.717, 1.165) is 12.8 Å². The molecule has 90 valence electrons. The lowest BCUT2D eigenvalue weighted by atomic mass is 10.1. The summed E-state index contributed by atoms with van der Waals surface area (Å²) < 4.78 is 22.3. The van der Waals surface area contributed by atoms with Gasteiger partial charge >= 0.3 is 0 Å². The van der Waals surface area contributed by atoms with Crippen LogP contribution < -0.4 is 5.32 Å². The minimum absolute atomic E-state index is 0.264. The smallest absolute Gasteiger partial charge is 0.150 e. The third-order valence-electron chi connectivity index (χ3n) is 2.82. The molecule has 1 aliphatic rings. The molecule has 5 heteroatoms. The number of hydrogen-bond donors (Lipinski definition) is 2. The van der Waals surface area contributed by atoms with Gasteiger partial charge in [0.15, 0.2) is 0 Å². The second kappa shape index (κ2) is 5.82. The van der Waals surface area contributed by atoms with Crippen molar-refractivity contribution in [3.8, 4) is 0 Å². The zero-order chi connectivity index (χ0) is 11.3. The van der Waals surface area contributed by atoms with Crippen LogP contribution in [-0.2, 0) is 9.84 Å².